The predicted octanol–water partition coefficient (Wildman–Crippen LogP) is 1.37. The Morgan fingerprint density at radius 3 is 1.27 bits per heavy atom. The molecule has 0 spiro atoms. The van der Waals surface area contributed by atoms with Crippen LogP contribution in [-0.4, -0.2) is 28.0 Å². The van der Waals surface area contributed by atoms with E-state index < -0.39 is 0 Å². The number of aromatic nitrogens is 1. The zero-order chi connectivity index (χ0) is 26.1. The van der Waals surface area contributed by atoms with Crippen LogP contribution in [0.3, 0.4) is 0 Å². The van der Waals surface area contributed by atoms with Crippen molar-refractivity contribution in [2.24, 2.45) is 10.8 Å². The van der Waals surface area contributed by atoms with E-state index in [0.29, 0.717) is 11.4 Å². The van der Waals surface area contributed by atoms with Gasteiger partial charge in [-0.05, 0) is 34.1 Å². The summed E-state index contributed by atoms with van der Waals surface area (Å²) in [6.07, 6.45) is 13.8. The average Bonchev–Trinajstić information content (AvgIpc) is 2.74. The van der Waals surface area contributed by atoms with E-state index in [2.05, 4.69) is 46.5 Å². The summed E-state index contributed by atoms with van der Waals surface area (Å²) in [5.74, 6) is -0.254. The van der Waals surface area contributed by atoms with E-state index in [1.165, 1.54) is 25.0 Å². The van der Waals surface area contributed by atoms with E-state index in [9.17, 15) is 9.59 Å². The molecule has 0 saturated heterocycles. The first-order valence-corrected chi connectivity index (χ1v) is 11.5. The van der Waals surface area contributed by atoms with Gasteiger partial charge >= 0.3 is 16.8 Å². The molecule has 0 amide bonds. The molecule has 37 heavy (non-hydrogen) atoms. The van der Waals surface area contributed by atoms with Gasteiger partial charge in [-0.3, -0.25) is 9.59 Å². The fourth-order valence-electron chi connectivity index (χ4n) is 3.35. The fourth-order valence-corrected chi connectivity index (χ4v) is 3.35. The molecule has 0 saturated carbocycles. The minimum atomic E-state index is -0.127. The minimum Gasteiger partial charge on any atom is -1.00 e. The smallest absolute Gasteiger partial charge is 1.00 e. The van der Waals surface area contributed by atoms with Crippen LogP contribution < -0.4 is 24.8 Å². The average molecular weight is 591 g/mol. The van der Waals surface area contributed by atoms with Crippen molar-refractivity contribution in [3.05, 3.63) is 77.2 Å². The molecule has 0 aromatic carbocycles. The number of rotatable bonds is 2. The standard InChI is InChI=1S/2C10H15N.C9H9NO2.2ClH.Co/c2*1-10(2,3)8-6-4-5-7-9(8)11;1-6(11)8-4-3-5-9(10-8)7(2)12;;;/h2*4-6,11H,7H2,1-3H3;3-5H,1-2H3;2*1H;/q;;;;;+2/p-2. The molecule has 1 radical (unpaired) electrons. The molecule has 5 nitrogen and oxygen atoms in total. The van der Waals surface area contributed by atoms with Crippen molar-refractivity contribution in [2.45, 2.75) is 68.2 Å². The van der Waals surface area contributed by atoms with Crippen LogP contribution in [0.15, 0.2) is 65.8 Å². The van der Waals surface area contributed by atoms with E-state index in [-0.39, 0.29) is 64.0 Å². The second-order valence-electron chi connectivity index (χ2n) is 10.4. The largest absolute Gasteiger partial charge is 2.00 e. The van der Waals surface area contributed by atoms with Crippen LogP contribution in [0.25, 0.3) is 0 Å². The van der Waals surface area contributed by atoms with Gasteiger partial charge in [0, 0.05) is 38.1 Å². The monoisotopic (exact) mass is 590 g/mol. The molecule has 1 aromatic heterocycles. The third-order valence-corrected chi connectivity index (χ3v) is 5.18. The van der Waals surface area contributed by atoms with Gasteiger partial charge in [-0.25, -0.2) is 4.98 Å². The summed E-state index contributed by atoms with van der Waals surface area (Å²) in [5.41, 5.74) is 4.79. The molecule has 0 atom stereocenters. The molecule has 1 aromatic rings. The minimum absolute atomic E-state index is 0. The quantitative estimate of drug-likeness (QED) is 0.509. The van der Waals surface area contributed by atoms with E-state index in [1.54, 1.807) is 18.2 Å². The van der Waals surface area contributed by atoms with Gasteiger partial charge in [0.2, 0.25) is 0 Å². The summed E-state index contributed by atoms with van der Waals surface area (Å²) in [4.78, 5) is 25.6. The second kappa shape index (κ2) is 17.4. The number of carbonyl (C=O) groups excluding carboxylic acids is 2. The molecule has 0 unspecified atom stereocenters. The van der Waals surface area contributed by atoms with Crippen LogP contribution in [0, 0.1) is 21.6 Å². The Morgan fingerprint density at radius 1 is 0.730 bits per heavy atom. The topological polar surface area (TPSA) is 94.7 Å². The molecule has 2 aliphatic carbocycles. The number of carbonyl (C=O) groups is 2. The van der Waals surface area contributed by atoms with E-state index in [0.717, 1.165) is 24.3 Å². The molecule has 2 aliphatic rings. The molecular weight excluding hydrogens is 552 g/mol. The number of pyridine rings is 1. The van der Waals surface area contributed by atoms with Crippen LogP contribution in [0.4, 0.5) is 0 Å². The number of halogens is 2. The van der Waals surface area contributed by atoms with Crippen LogP contribution >= 0.6 is 0 Å². The summed E-state index contributed by atoms with van der Waals surface area (Å²) in [6.45, 7) is 15.7. The van der Waals surface area contributed by atoms with E-state index in [1.807, 2.05) is 36.5 Å². The predicted molar refractivity (Wildman–Crippen MR) is 142 cm³/mol. The Morgan fingerprint density at radius 2 is 1.05 bits per heavy atom. The Labute approximate surface area is 245 Å². The van der Waals surface area contributed by atoms with Crippen LogP contribution in [-0.2, 0) is 16.8 Å². The third-order valence-electron chi connectivity index (χ3n) is 5.18. The molecule has 8 heteroatoms. The SMILES string of the molecule is CC(=O)c1cccc(C(C)=O)n1.CC(C)(C)C1=CC=CCC1=N.CC(C)(C)C1=CC=CCC1=N.[Cl-].[Cl-].[Co+2]. The number of Topliss-reactive ketones (excluding diaryl/α,β-unsaturated/α-hetero) is 2. The fraction of sp³-hybridized carbons (Fsp3) is 0.414. The van der Waals surface area contributed by atoms with Crippen molar-refractivity contribution in [1.29, 1.82) is 10.8 Å². The first-order valence-electron chi connectivity index (χ1n) is 11.5. The third kappa shape index (κ3) is 13.8. The maximum Gasteiger partial charge on any atom is 2.00 e. The van der Waals surface area contributed by atoms with Gasteiger partial charge in [-0.1, -0.05) is 84.1 Å². The summed E-state index contributed by atoms with van der Waals surface area (Å²) >= 11 is 0. The van der Waals surface area contributed by atoms with Crippen LogP contribution in [0.2, 0.25) is 0 Å². The summed E-state index contributed by atoms with van der Waals surface area (Å²) in [5, 5.41) is 15.4. The molecular formula is C29H39Cl2CoN3O2. The Hall–Kier alpha value is -2.12. The van der Waals surface area contributed by atoms with Gasteiger partial charge in [0.25, 0.3) is 0 Å². The Bertz CT molecular complexity index is 992. The van der Waals surface area contributed by atoms with Gasteiger partial charge < -0.3 is 35.6 Å². The van der Waals surface area contributed by atoms with Crippen molar-refractivity contribution in [1.82, 2.24) is 4.98 Å². The summed E-state index contributed by atoms with van der Waals surface area (Å²) in [6, 6.07) is 4.84. The number of nitrogens with one attached hydrogen (secondary N) is 2. The first-order chi connectivity index (χ1) is 15.6. The van der Waals surface area contributed by atoms with Gasteiger partial charge in [0.05, 0.1) is 0 Å². The summed E-state index contributed by atoms with van der Waals surface area (Å²) < 4.78 is 0. The Balaban J connectivity index is -0.000000451. The van der Waals surface area contributed by atoms with Crippen LogP contribution in [0.5, 0.6) is 0 Å². The molecule has 0 bridgehead atoms. The van der Waals surface area contributed by atoms with Gasteiger partial charge in [-0.2, -0.15) is 0 Å². The van der Waals surface area contributed by atoms with Crippen molar-refractivity contribution < 1.29 is 51.2 Å². The molecule has 0 aliphatic heterocycles. The number of ketones is 2. The van der Waals surface area contributed by atoms with Gasteiger partial charge in [0.15, 0.2) is 11.6 Å². The van der Waals surface area contributed by atoms with E-state index in [4.69, 9.17) is 10.8 Å². The molecule has 2 N–H and O–H groups in total. The molecule has 0 fully saturated rings. The zero-order valence-corrected chi connectivity index (χ0v) is 25.5. The first kappa shape index (κ1) is 39.4. The number of hydrogen-bond acceptors (Lipinski definition) is 5. The summed E-state index contributed by atoms with van der Waals surface area (Å²) in [7, 11) is 0. The van der Waals surface area contributed by atoms with Crippen LogP contribution in [0.1, 0.15) is 89.2 Å². The van der Waals surface area contributed by atoms with E-state index >= 15 is 0 Å². The molecule has 205 valence electrons. The molecule has 1 heterocycles. The van der Waals surface area contributed by atoms with Crippen molar-refractivity contribution in [2.75, 3.05) is 0 Å². The maximum atomic E-state index is 10.8. The van der Waals surface area contributed by atoms with Crippen molar-refractivity contribution in [3.63, 3.8) is 0 Å². The van der Waals surface area contributed by atoms with Crippen molar-refractivity contribution >= 4 is 23.0 Å². The number of nitrogens with zero attached hydrogens (tertiary/aromatic N) is 1. The van der Waals surface area contributed by atoms with Gasteiger partial charge in [-0.15, -0.1) is 0 Å². The Kier molecular flexibility index (Phi) is 18.5. The second-order valence-corrected chi connectivity index (χ2v) is 10.4. The zero-order valence-electron chi connectivity index (χ0n) is 23.0. The molecule has 3 rings (SSSR count). The number of hydrogen-bond donors (Lipinski definition) is 2. The van der Waals surface area contributed by atoms with Gasteiger partial charge in [0.1, 0.15) is 11.4 Å². The van der Waals surface area contributed by atoms with Crippen molar-refractivity contribution in [3.8, 4) is 0 Å². The normalized spacial score (nSPS) is 14.1. The maximum absolute atomic E-state index is 10.8. The number of allylic oxidation sites excluding steroid dienone is 8.